The molecule has 0 aromatic carbocycles. The molecule has 5 heteroatoms. The molecule has 92 valence electrons. The second-order valence-corrected chi connectivity index (χ2v) is 4.10. The molecule has 17 heavy (non-hydrogen) atoms. The summed E-state index contributed by atoms with van der Waals surface area (Å²) in [5.74, 6) is 0.466. The zero-order valence-electron chi connectivity index (χ0n) is 9.90. The zero-order valence-corrected chi connectivity index (χ0v) is 9.90. The Balaban J connectivity index is 1.77. The lowest BCUT2D eigenvalue weighted by atomic mass is 10.3. The van der Waals surface area contributed by atoms with Crippen LogP contribution < -0.4 is 15.4 Å². The predicted octanol–water partition coefficient (Wildman–Crippen LogP) is 0.458. The maximum absolute atomic E-state index is 11.0. The highest BCUT2D eigenvalue weighted by atomic mass is 16.5. The Kier molecular flexibility index (Phi) is 3.93. The number of ether oxygens (including phenoxy) is 1. The molecule has 1 fully saturated rings. The molecule has 0 unspecified atom stereocenters. The van der Waals surface area contributed by atoms with Crippen LogP contribution in [0.25, 0.3) is 0 Å². The van der Waals surface area contributed by atoms with E-state index in [-0.39, 0.29) is 12.5 Å². The molecule has 0 radical (unpaired) electrons. The number of nitrogens with one attached hydrogen (secondary N) is 2. The fourth-order valence-electron chi connectivity index (χ4n) is 1.36. The van der Waals surface area contributed by atoms with Gasteiger partial charge in [-0.1, -0.05) is 0 Å². The normalized spacial score (nSPS) is 14.4. The van der Waals surface area contributed by atoms with Crippen molar-refractivity contribution in [2.75, 3.05) is 13.7 Å². The van der Waals surface area contributed by atoms with E-state index in [4.69, 9.17) is 4.74 Å². The van der Waals surface area contributed by atoms with Gasteiger partial charge in [-0.2, -0.15) is 0 Å². The number of rotatable bonds is 6. The standard InChI is InChI=1S/C12H17N3O2/c1-13-12(16)8-17-11-5-4-10(15-7-11)6-14-9-2-3-9/h4-5,7,9,14H,2-3,6,8H2,1H3,(H,13,16). The van der Waals surface area contributed by atoms with E-state index in [2.05, 4.69) is 15.6 Å². The van der Waals surface area contributed by atoms with E-state index >= 15 is 0 Å². The van der Waals surface area contributed by atoms with Gasteiger partial charge in [-0.05, 0) is 25.0 Å². The molecule has 1 amide bonds. The quantitative estimate of drug-likeness (QED) is 0.752. The first-order valence-electron chi connectivity index (χ1n) is 5.79. The minimum atomic E-state index is -0.149. The van der Waals surface area contributed by atoms with E-state index in [0.29, 0.717) is 11.8 Å². The summed E-state index contributed by atoms with van der Waals surface area (Å²) >= 11 is 0. The Labute approximate surface area is 101 Å². The molecule has 1 aliphatic rings. The zero-order chi connectivity index (χ0) is 12.1. The van der Waals surface area contributed by atoms with Crippen LogP contribution in [0.2, 0.25) is 0 Å². The topological polar surface area (TPSA) is 63.2 Å². The van der Waals surface area contributed by atoms with E-state index in [0.717, 1.165) is 12.2 Å². The average Bonchev–Trinajstić information content (AvgIpc) is 3.18. The molecule has 1 aromatic heterocycles. The van der Waals surface area contributed by atoms with Gasteiger partial charge in [0.15, 0.2) is 6.61 Å². The number of pyridine rings is 1. The van der Waals surface area contributed by atoms with E-state index in [9.17, 15) is 4.79 Å². The minimum absolute atomic E-state index is 0.0256. The number of likely N-dealkylation sites (N-methyl/N-ethyl adjacent to an activating group) is 1. The summed E-state index contributed by atoms with van der Waals surface area (Å²) in [4.78, 5) is 15.2. The summed E-state index contributed by atoms with van der Waals surface area (Å²) in [5.41, 5.74) is 0.990. The summed E-state index contributed by atoms with van der Waals surface area (Å²) in [6.07, 6.45) is 4.19. The molecule has 2 rings (SSSR count). The fraction of sp³-hybridized carbons (Fsp3) is 0.500. The Morgan fingerprint density at radius 2 is 2.35 bits per heavy atom. The average molecular weight is 235 g/mol. The SMILES string of the molecule is CNC(=O)COc1ccc(CNC2CC2)nc1. The first-order chi connectivity index (χ1) is 8.28. The first-order valence-corrected chi connectivity index (χ1v) is 5.79. The number of carbonyl (C=O) groups is 1. The van der Waals surface area contributed by atoms with Crippen molar-refractivity contribution in [3.63, 3.8) is 0 Å². The highest BCUT2D eigenvalue weighted by molar-refractivity contribution is 5.77. The van der Waals surface area contributed by atoms with E-state index in [1.807, 2.05) is 12.1 Å². The maximum atomic E-state index is 11.0. The lowest BCUT2D eigenvalue weighted by Gasteiger charge is -2.06. The summed E-state index contributed by atoms with van der Waals surface area (Å²) in [5, 5.41) is 5.88. The molecule has 5 nitrogen and oxygen atoms in total. The number of nitrogens with zero attached hydrogens (tertiary/aromatic N) is 1. The third-order valence-electron chi connectivity index (χ3n) is 2.60. The van der Waals surface area contributed by atoms with Crippen molar-refractivity contribution >= 4 is 5.91 Å². The van der Waals surface area contributed by atoms with Crippen molar-refractivity contribution in [2.45, 2.75) is 25.4 Å². The van der Waals surface area contributed by atoms with Crippen LogP contribution in [-0.2, 0) is 11.3 Å². The lowest BCUT2D eigenvalue weighted by Crippen LogP contribution is -2.24. The van der Waals surface area contributed by atoms with Crippen molar-refractivity contribution in [1.29, 1.82) is 0 Å². The molecular weight excluding hydrogens is 218 g/mol. The molecule has 0 atom stereocenters. The number of hydrogen-bond donors (Lipinski definition) is 2. The van der Waals surface area contributed by atoms with Crippen LogP contribution in [0.4, 0.5) is 0 Å². The monoisotopic (exact) mass is 235 g/mol. The van der Waals surface area contributed by atoms with Crippen molar-refractivity contribution in [3.8, 4) is 5.75 Å². The van der Waals surface area contributed by atoms with Gasteiger partial charge in [0.1, 0.15) is 5.75 Å². The predicted molar refractivity (Wildman–Crippen MR) is 63.7 cm³/mol. The van der Waals surface area contributed by atoms with Gasteiger partial charge < -0.3 is 15.4 Å². The van der Waals surface area contributed by atoms with Crippen LogP contribution >= 0.6 is 0 Å². The van der Waals surface area contributed by atoms with Gasteiger partial charge in [-0.25, -0.2) is 0 Å². The van der Waals surface area contributed by atoms with Crippen LogP contribution in [0, 0.1) is 0 Å². The van der Waals surface area contributed by atoms with Crippen LogP contribution in [0.1, 0.15) is 18.5 Å². The Hall–Kier alpha value is -1.62. The number of aromatic nitrogens is 1. The molecular formula is C12H17N3O2. The van der Waals surface area contributed by atoms with Crippen LogP contribution in [0.5, 0.6) is 5.75 Å². The van der Waals surface area contributed by atoms with E-state index in [1.165, 1.54) is 12.8 Å². The summed E-state index contributed by atoms with van der Waals surface area (Å²) in [6, 6.07) is 4.43. The van der Waals surface area contributed by atoms with Gasteiger partial charge in [-0.3, -0.25) is 9.78 Å². The van der Waals surface area contributed by atoms with Gasteiger partial charge in [0.25, 0.3) is 5.91 Å². The van der Waals surface area contributed by atoms with Crippen molar-refractivity contribution in [3.05, 3.63) is 24.0 Å². The second-order valence-electron chi connectivity index (χ2n) is 4.10. The fourth-order valence-corrected chi connectivity index (χ4v) is 1.36. The number of carbonyl (C=O) groups excluding carboxylic acids is 1. The molecule has 0 saturated heterocycles. The highest BCUT2D eigenvalue weighted by Crippen LogP contribution is 2.19. The molecule has 1 aromatic rings. The minimum Gasteiger partial charge on any atom is -0.482 e. The molecule has 1 heterocycles. The Morgan fingerprint density at radius 1 is 1.53 bits per heavy atom. The van der Waals surface area contributed by atoms with Gasteiger partial charge in [0.05, 0.1) is 11.9 Å². The second kappa shape index (κ2) is 5.63. The van der Waals surface area contributed by atoms with Gasteiger partial charge in [0, 0.05) is 19.6 Å². The molecule has 1 saturated carbocycles. The smallest absolute Gasteiger partial charge is 0.257 e. The maximum Gasteiger partial charge on any atom is 0.257 e. The van der Waals surface area contributed by atoms with E-state index < -0.39 is 0 Å². The molecule has 0 aliphatic heterocycles. The van der Waals surface area contributed by atoms with E-state index in [1.54, 1.807) is 13.2 Å². The number of hydrogen-bond acceptors (Lipinski definition) is 4. The van der Waals surface area contributed by atoms with Crippen molar-refractivity contribution in [2.24, 2.45) is 0 Å². The summed E-state index contributed by atoms with van der Waals surface area (Å²) in [7, 11) is 1.58. The molecule has 1 aliphatic carbocycles. The molecule has 0 bridgehead atoms. The third-order valence-corrected chi connectivity index (χ3v) is 2.60. The van der Waals surface area contributed by atoms with Crippen LogP contribution in [0.15, 0.2) is 18.3 Å². The summed E-state index contributed by atoms with van der Waals surface area (Å²) < 4.78 is 5.26. The largest absolute Gasteiger partial charge is 0.482 e. The number of amides is 1. The van der Waals surface area contributed by atoms with Gasteiger partial charge in [0.2, 0.25) is 0 Å². The summed E-state index contributed by atoms with van der Waals surface area (Å²) in [6.45, 7) is 0.818. The van der Waals surface area contributed by atoms with Crippen LogP contribution in [0.3, 0.4) is 0 Å². The first kappa shape index (κ1) is 11.9. The van der Waals surface area contributed by atoms with Gasteiger partial charge in [-0.15, -0.1) is 0 Å². The highest BCUT2D eigenvalue weighted by Gasteiger charge is 2.19. The van der Waals surface area contributed by atoms with Gasteiger partial charge >= 0.3 is 0 Å². The molecule has 2 N–H and O–H groups in total. The third kappa shape index (κ3) is 4.03. The Morgan fingerprint density at radius 3 is 2.94 bits per heavy atom. The Bertz CT molecular complexity index is 374. The van der Waals surface area contributed by atoms with Crippen molar-refractivity contribution < 1.29 is 9.53 Å². The van der Waals surface area contributed by atoms with Crippen molar-refractivity contribution in [1.82, 2.24) is 15.6 Å². The lowest BCUT2D eigenvalue weighted by molar-refractivity contribution is -0.122. The van der Waals surface area contributed by atoms with Crippen LogP contribution in [-0.4, -0.2) is 30.6 Å². The molecule has 0 spiro atoms.